The summed E-state index contributed by atoms with van der Waals surface area (Å²) in [6, 6.07) is 7.84. The van der Waals surface area contributed by atoms with Crippen molar-refractivity contribution in [3.05, 3.63) is 58.3 Å². The molecule has 24 heavy (non-hydrogen) atoms. The van der Waals surface area contributed by atoms with E-state index >= 15 is 0 Å². The first kappa shape index (κ1) is 16.9. The van der Waals surface area contributed by atoms with E-state index in [1.165, 1.54) is 30.3 Å². The number of nitrogens with one attached hydrogen (secondary N) is 2. The molecule has 0 bridgehead atoms. The van der Waals surface area contributed by atoms with Crippen molar-refractivity contribution in [2.24, 2.45) is 0 Å². The lowest BCUT2D eigenvalue weighted by atomic mass is 10.2. The normalized spacial score (nSPS) is 11.4. The zero-order valence-corrected chi connectivity index (χ0v) is 12.6. The molecular weight excluding hydrogens is 316 g/mol. The molecule has 1 aromatic carbocycles. The number of pyridine rings is 1. The van der Waals surface area contributed by atoms with Crippen LogP contribution in [0.4, 0.5) is 17.2 Å². The quantitative estimate of drug-likeness (QED) is 0.545. The van der Waals surface area contributed by atoms with Crippen LogP contribution in [0.15, 0.2) is 42.6 Å². The Kier molecular flexibility index (Phi) is 5.05. The summed E-state index contributed by atoms with van der Waals surface area (Å²) in [5.41, 5.74) is 0.263. The molecule has 0 radical (unpaired) electrons. The molecule has 0 saturated carbocycles. The van der Waals surface area contributed by atoms with Crippen LogP contribution in [-0.2, 0) is 4.79 Å². The number of carbonyl (C=O) groups excluding carboxylic acids is 1. The highest BCUT2D eigenvalue weighted by Gasteiger charge is 2.15. The van der Waals surface area contributed by atoms with Crippen LogP contribution >= 0.6 is 0 Å². The number of nitrogens with zero attached hydrogens (tertiary/aromatic N) is 2. The number of aromatic nitrogens is 1. The summed E-state index contributed by atoms with van der Waals surface area (Å²) in [4.78, 5) is 36.9. The molecule has 1 heterocycles. The fraction of sp³-hybridized carbons (Fsp3) is 0.133. The first-order valence-corrected chi connectivity index (χ1v) is 6.88. The highest BCUT2D eigenvalue weighted by Crippen LogP contribution is 2.14. The molecule has 0 aliphatic rings. The molecule has 1 unspecified atom stereocenters. The van der Waals surface area contributed by atoms with Crippen LogP contribution in [0.25, 0.3) is 0 Å². The lowest BCUT2D eigenvalue weighted by Gasteiger charge is -2.14. The van der Waals surface area contributed by atoms with E-state index in [0.717, 1.165) is 6.20 Å². The van der Waals surface area contributed by atoms with Gasteiger partial charge in [0.15, 0.2) is 0 Å². The molecule has 3 N–H and O–H groups in total. The molecule has 2 rings (SSSR count). The summed E-state index contributed by atoms with van der Waals surface area (Å²) < 4.78 is 0. The van der Waals surface area contributed by atoms with Gasteiger partial charge in [0.25, 0.3) is 5.69 Å². The van der Waals surface area contributed by atoms with E-state index in [9.17, 15) is 19.7 Å². The number of carbonyl (C=O) groups is 2. The number of amides is 1. The Morgan fingerprint density at radius 1 is 1.29 bits per heavy atom. The second-order valence-electron chi connectivity index (χ2n) is 4.90. The number of aromatic carboxylic acids is 1. The molecule has 0 aliphatic carbocycles. The van der Waals surface area contributed by atoms with Gasteiger partial charge in [-0.05, 0) is 31.2 Å². The maximum atomic E-state index is 12.1. The minimum absolute atomic E-state index is 0.0606. The van der Waals surface area contributed by atoms with E-state index in [1.807, 2.05) is 0 Å². The molecule has 0 spiro atoms. The molecule has 124 valence electrons. The molecule has 9 heteroatoms. The predicted octanol–water partition coefficient (Wildman–Crippen LogP) is 2.13. The van der Waals surface area contributed by atoms with E-state index in [-0.39, 0.29) is 11.3 Å². The van der Waals surface area contributed by atoms with Gasteiger partial charge in [0.1, 0.15) is 18.1 Å². The Morgan fingerprint density at radius 2 is 2.04 bits per heavy atom. The Bertz CT molecular complexity index is 776. The Labute approximate surface area is 136 Å². The molecule has 1 aromatic heterocycles. The summed E-state index contributed by atoms with van der Waals surface area (Å²) in [5, 5.41) is 24.9. The molecule has 0 saturated heterocycles. The van der Waals surface area contributed by atoms with E-state index in [1.54, 1.807) is 13.0 Å². The van der Waals surface area contributed by atoms with Crippen molar-refractivity contribution in [1.29, 1.82) is 0 Å². The first-order chi connectivity index (χ1) is 11.4. The number of carboxylic acid groups (broad SMARTS) is 1. The van der Waals surface area contributed by atoms with Crippen LogP contribution in [0.1, 0.15) is 17.3 Å². The van der Waals surface area contributed by atoms with Crippen LogP contribution in [0, 0.1) is 10.1 Å². The van der Waals surface area contributed by atoms with Gasteiger partial charge >= 0.3 is 5.97 Å². The number of benzene rings is 1. The van der Waals surface area contributed by atoms with Crippen LogP contribution in [-0.4, -0.2) is 32.9 Å². The summed E-state index contributed by atoms with van der Waals surface area (Å²) in [6.45, 7) is 1.58. The average Bonchev–Trinajstić information content (AvgIpc) is 2.55. The minimum atomic E-state index is -1.09. The highest BCUT2D eigenvalue weighted by atomic mass is 16.6. The van der Waals surface area contributed by atoms with Crippen molar-refractivity contribution in [2.75, 3.05) is 10.6 Å². The SMILES string of the molecule is CC(Nc1ccc([N+](=O)[O-])cn1)C(=O)Nc1cccc(C(=O)O)c1. The lowest BCUT2D eigenvalue weighted by molar-refractivity contribution is -0.385. The summed E-state index contributed by atoms with van der Waals surface area (Å²) in [5.74, 6) is -1.19. The van der Waals surface area contributed by atoms with Gasteiger partial charge in [0, 0.05) is 11.8 Å². The molecule has 9 nitrogen and oxygen atoms in total. The summed E-state index contributed by atoms with van der Waals surface area (Å²) >= 11 is 0. The molecule has 0 aliphatic heterocycles. The third-order valence-corrected chi connectivity index (χ3v) is 3.09. The predicted molar refractivity (Wildman–Crippen MR) is 86.0 cm³/mol. The molecule has 1 amide bonds. The molecule has 1 atom stereocenters. The van der Waals surface area contributed by atoms with Gasteiger partial charge in [-0.15, -0.1) is 0 Å². The Balaban J connectivity index is 2.00. The maximum absolute atomic E-state index is 12.1. The third kappa shape index (κ3) is 4.26. The second kappa shape index (κ2) is 7.18. The van der Waals surface area contributed by atoms with Gasteiger partial charge in [-0.1, -0.05) is 6.07 Å². The van der Waals surface area contributed by atoms with E-state index < -0.39 is 22.8 Å². The summed E-state index contributed by atoms with van der Waals surface area (Å²) in [6.07, 6.45) is 1.09. The van der Waals surface area contributed by atoms with Gasteiger partial charge in [0.05, 0.1) is 10.5 Å². The standard InChI is InChI=1S/C15H14N4O5/c1-9(17-13-6-5-12(8-16-13)19(23)24)14(20)18-11-4-2-3-10(7-11)15(21)22/h2-9H,1H3,(H,16,17)(H,18,20)(H,21,22). The van der Waals surface area contributed by atoms with Gasteiger partial charge in [0.2, 0.25) is 5.91 Å². The maximum Gasteiger partial charge on any atom is 0.335 e. The van der Waals surface area contributed by atoms with E-state index in [2.05, 4.69) is 15.6 Å². The fourth-order valence-corrected chi connectivity index (χ4v) is 1.85. The number of hydrogen-bond acceptors (Lipinski definition) is 6. The van der Waals surface area contributed by atoms with Crippen molar-refractivity contribution in [2.45, 2.75) is 13.0 Å². The smallest absolute Gasteiger partial charge is 0.335 e. The van der Waals surface area contributed by atoms with Crippen molar-refractivity contribution in [1.82, 2.24) is 4.98 Å². The molecule has 0 fully saturated rings. The zero-order chi connectivity index (χ0) is 17.7. The van der Waals surface area contributed by atoms with Crippen LogP contribution in [0.3, 0.4) is 0 Å². The van der Waals surface area contributed by atoms with Gasteiger partial charge < -0.3 is 15.7 Å². The summed E-state index contributed by atoms with van der Waals surface area (Å²) in [7, 11) is 0. The second-order valence-corrected chi connectivity index (χ2v) is 4.90. The van der Waals surface area contributed by atoms with E-state index in [0.29, 0.717) is 11.5 Å². The minimum Gasteiger partial charge on any atom is -0.478 e. The van der Waals surface area contributed by atoms with Crippen LogP contribution in [0.2, 0.25) is 0 Å². The largest absolute Gasteiger partial charge is 0.478 e. The van der Waals surface area contributed by atoms with Crippen LogP contribution < -0.4 is 10.6 Å². The number of anilines is 2. The fourth-order valence-electron chi connectivity index (χ4n) is 1.85. The third-order valence-electron chi connectivity index (χ3n) is 3.09. The highest BCUT2D eigenvalue weighted by molar-refractivity contribution is 5.97. The number of carboxylic acids is 1. The lowest BCUT2D eigenvalue weighted by Crippen LogP contribution is -2.32. The van der Waals surface area contributed by atoms with Gasteiger partial charge in [-0.2, -0.15) is 0 Å². The van der Waals surface area contributed by atoms with Crippen molar-refractivity contribution < 1.29 is 19.6 Å². The van der Waals surface area contributed by atoms with Gasteiger partial charge in [-0.25, -0.2) is 9.78 Å². The molecule has 2 aromatic rings. The van der Waals surface area contributed by atoms with Crippen molar-refractivity contribution in [3.63, 3.8) is 0 Å². The Morgan fingerprint density at radius 3 is 2.62 bits per heavy atom. The topological polar surface area (TPSA) is 134 Å². The number of rotatable bonds is 6. The van der Waals surface area contributed by atoms with Gasteiger partial charge in [-0.3, -0.25) is 14.9 Å². The zero-order valence-electron chi connectivity index (χ0n) is 12.6. The first-order valence-electron chi connectivity index (χ1n) is 6.88. The number of hydrogen-bond donors (Lipinski definition) is 3. The monoisotopic (exact) mass is 330 g/mol. The van der Waals surface area contributed by atoms with Crippen LogP contribution in [0.5, 0.6) is 0 Å². The molecular formula is C15H14N4O5. The Hall–Kier alpha value is -3.49. The number of nitro groups is 1. The average molecular weight is 330 g/mol. The van der Waals surface area contributed by atoms with E-state index in [4.69, 9.17) is 5.11 Å². The van der Waals surface area contributed by atoms with Crippen molar-refractivity contribution >= 4 is 29.1 Å². The van der Waals surface area contributed by atoms with Crippen molar-refractivity contribution in [3.8, 4) is 0 Å².